The highest BCUT2D eigenvalue weighted by atomic mass is 16.2. The lowest BCUT2D eigenvalue weighted by Crippen LogP contribution is -2.42. The number of aryl methyl sites for hydroxylation is 2. The van der Waals surface area contributed by atoms with Gasteiger partial charge in [-0.2, -0.15) is 0 Å². The summed E-state index contributed by atoms with van der Waals surface area (Å²) in [6.07, 6.45) is 0. The monoisotopic (exact) mass is 592 g/mol. The number of rotatable bonds is 7. The Morgan fingerprint density at radius 2 is 1.02 bits per heavy atom. The highest BCUT2D eigenvalue weighted by Crippen LogP contribution is 2.31. The van der Waals surface area contributed by atoms with Gasteiger partial charge in [0.2, 0.25) is 0 Å². The van der Waals surface area contributed by atoms with Crippen molar-refractivity contribution in [3.63, 3.8) is 0 Å². The number of fused-ring (bicyclic) bond motifs is 2. The van der Waals surface area contributed by atoms with Crippen LogP contribution in [0.4, 0.5) is 0 Å². The molecule has 2 heterocycles. The van der Waals surface area contributed by atoms with E-state index in [1.54, 1.807) is 0 Å². The maximum absolute atomic E-state index is 13.8. The Hall–Kier alpha value is -5.36. The van der Waals surface area contributed by atoms with Crippen molar-refractivity contribution < 1.29 is 9.59 Å². The summed E-state index contributed by atoms with van der Waals surface area (Å²) >= 11 is 0. The van der Waals surface area contributed by atoms with E-state index in [9.17, 15) is 9.59 Å². The number of benzene rings is 4. The Kier molecular flexibility index (Phi) is 8.14. The molecular weight excluding hydrogens is 556 g/mol. The van der Waals surface area contributed by atoms with Crippen LogP contribution in [0.2, 0.25) is 0 Å². The number of amides is 2. The quantitative estimate of drug-likeness (QED) is 0.197. The molecule has 0 unspecified atom stereocenters. The summed E-state index contributed by atoms with van der Waals surface area (Å²) in [6.45, 7) is 10.1. The average Bonchev–Trinajstić information content (AvgIpc) is 3.04. The number of hydrogen-bond acceptors (Lipinski definition) is 4. The zero-order valence-corrected chi connectivity index (χ0v) is 26.2. The Morgan fingerprint density at radius 3 is 1.49 bits per heavy atom. The summed E-state index contributed by atoms with van der Waals surface area (Å²) in [5.41, 5.74) is 10.1. The molecule has 0 spiro atoms. The summed E-state index contributed by atoms with van der Waals surface area (Å²) < 4.78 is 0. The highest BCUT2D eigenvalue weighted by molar-refractivity contribution is 6.10. The number of para-hydroxylation sites is 2. The van der Waals surface area contributed by atoms with Crippen LogP contribution in [0.15, 0.2) is 97.1 Å². The zero-order chi connectivity index (χ0) is 31.7. The van der Waals surface area contributed by atoms with Crippen molar-refractivity contribution in [2.45, 2.75) is 40.7 Å². The lowest BCUT2D eigenvalue weighted by molar-refractivity contribution is 0.0913. The first-order chi connectivity index (χ1) is 21.7. The number of nitrogens with one attached hydrogen (secondary N) is 2. The molecule has 0 saturated heterocycles. The van der Waals surface area contributed by atoms with Crippen molar-refractivity contribution in [1.29, 1.82) is 0 Å². The molecule has 0 aliphatic rings. The predicted octanol–water partition coefficient (Wildman–Crippen LogP) is 7.90. The van der Waals surface area contributed by atoms with Crippen molar-refractivity contribution in [3.8, 4) is 22.5 Å². The molecule has 0 saturated carbocycles. The van der Waals surface area contributed by atoms with Crippen molar-refractivity contribution in [1.82, 2.24) is 20.6 Å². The van der Waals surface area contributed by atoms with E-state index in [-0.39, 0.29) is 24.4 Å². The number of pyridine rings is 2. The van der Waals surface area contributed by atoms with Gasteiger partial charge >= 0.3 is 0 Å². The van der Waals surface area contributed by atoms with Crippen LogP contribution in [0, 0.1) is 27.7 Å². The van der Waals surface area contributed by atoms with Gasteiger partial charge in [0.25, 0.3) is 11.8 Å². The van der Waals surface area contributed by atoms with E-state index in [0.29, 0.717) is 11.1 Å². The molecule has 6 nitrogen and oxygen atoms in total. The molecule has 2 aromatic heterocycles. The third-order valence-corrected chi connectivity index (χ3v) is 8.32. The van der Waals surface area contributed by atoms with Crippen LogP contribution in [-0.2, 0) is 0 Å². The van der Waals surface area contributed by atoms with Gasteiger partial charge in [0, 0.05) is 34.5 Å². The summed E-state index contributed by atoms with van der Waals surface area (Å²) in [7, 11) is 0. The van der Waals surface area contributed by atoms with E-state index >= 15 is 0 Å². The fourth-order valence-corrected chi connectivity index (χ4v) is 5.87. The van der Waals surface area contributed by atoms with E-state index in [4.69, 9.17) is 9.97 Å². The van der Waals surface area contributed by atoms with Crippen LogP contribution in [0.1, 0.15) is 49.9 Å². The number of nitrogens with zero attached hydrogens (tertiary/aromatic N) is 2. The molecule has 2 N–H and O–H groups in total. The Labute approximate surface area is 263 Å². The van der Waals surface area contributed by atoms with Gasteiger partial charge in [-0.05, 0) is 57.9 Å². The molecule has 0 aliphatic heterocycles. The molecule has 0 radical (unpaired) electrons. The second-order valence-corrected chi connectivity index (χ2v) is 11.8. The van der Waals surface area contributed by atoms with E-state index in [1.807, 2.05) is 132 Å². The van der Waals surface area contributed by atoms with Gasteiger partial charge in [-0.25, -0.2) is 9.97 Å². The van der Waals surface area contributed by atoms with Gasteiger partial charge in [-0.1, -0.05) is 96.1 Å². The Balaban J connectivity index is 1.26. The van der Waals surface area contributed by atoms with Crippen molar-refractivity contribution in [2.75, 3.05) is 6.54 Å². The lowest BCUT2D eigenvalue weighted by Gasteiger charge is -2.19. The Bertz CT molecular complexity index is 2070. The molecule has 45 heavy (non-hydrogen) atoms. The second kappa shape index (κ2) is 12.3. The molecule has 224 valence electrons. The minimum atomic E-state index is -0.333. The zero-order valence-electron chi connectivity index (χ0n) is 26.2. The molecule has 6 rings (SSSR count). The minimum Gasteiger partial charge on any atom is -0.350 e. The second-order valence-electron chi connectivity index (χ2n) is 11.8. The number of aromatic nitrogens is 2. The summed E-state index contributed by atoms with van der Waals surface area (Å²) in [5, 5.41) is 7.79. The fraction of sp³-hybridized carbons (Fsp3) is 0.179. The molecule has 0 aliphatic carbocycles. The van der Waals surface area contributed by atoms with E-state index in [1.165, 1.54) is 0 Å². The van der Waals surface area contributed by atoms with Gasteiger partial charge in [0.05, 0.1) is 33.5 Å². The maximum Gasteiger partial charge on any atom is 0.252 e. The summed E-state index contributed by atoms with van der Waals surface area (Å²) in [5.74, 6) is -0.402. The molecule has 4 aromatic carbocycles. The normalized spacial score (nSPS) is 11.8. The highest BCUT2D eigenvalue weighted by Gasteiger charge is 2.22. The van der Waals surface area contributed by atoms with Crippen molar-refractivity contribution in [2.24, 2.45) is 0 Å². The van der Waals surface area contributed by atoms with Crippen LogP contribution < -0.4 is 10.6 Å². The van der Waals surface area contributed by atoms with Gasteiger partial charge in [0.15, 0.2) is 0 Å². The third-order valence-electron chi connectivity index (χ3n) is 8.32. The molecular formula is C39H36N4O2. The lowest BCUT2D eigenvalue weighted by atomic mass is 9.96. The molecule has 0 fully saturated rings. The third kappa shape index (κ3) is 5.92. The number of carbonyl (C=O) groups excluding carboxylic acids is 2. The first kappa shape index (κ1) is 29.7. The van der Waals surface area contributed by atoms with Gasteiger partial charge in [0.1, 0.15) is 0 Å². The predicted molar refractivity (Wildman–Crippen MR) is 183 cm³/mol. The van der Waals surface area contributed by atoms with Crippen LogP contribution in [0.25, 0.3) is 44.3 Å². The topological polar surface area (TPSA) is 84.0 Å². The van der Waals surface area contributed by atoms with E-state index in [2.05, 4.69) is 10.6 Å². The van der Waals surface area contributed by atoms with E-state index in [0.717, 1.165) is 66.6 Å². The minimum absolute atomic E-state index is 0.201. The SMILES string of the molecule is Cc1ccc(-c2nc3ccccc3c(C(=O)NC[C@H](C)NC(=O)c3c(C)c(-c4ccc(C)cc4)nc4ccccc34)c2C)cc1. The first-order valence-electron chi connectivity index (χ1n) is 15.2. The molecule has 2 amide bonds. The first-order valence-corrected chi connectivity index (χ1v) is 15.2. The smallest absolute Gasteiger partial charge is 0.252 e. The van der Waals surface area contributed by atoms with Crippen LogP contribution in [-0.4, -0.2) is 34.4 Å². The van der Waals surface area contributed by atoms with Crippen molar-refractivity contribution in [3.05, 3.63) is 130 Å². The molecule has 0 bridgehead atoms. The summed E-state index contributed by atoms with van der Waals surface area (Å²) in [4.78, 5) is 37.4. The van der Waals surface area contributed by atoms with Gasteiger partial charge < -0.3 is 10.6 Å². The van der Waals surface area contributed by atoms with Crippen LogP contribution in [0.3, 0.4) is 0 Å². The van der Waals surface area contributed by atoms with Crippen molar-refractivity contribution >= 4 is 33.6 Å². The standard InChI is InChI=1S/C39H36N4O2/c1-23-14-18-28(19-15-23)36-26(4)34(30-10-6-8-12-32(30)42-36)38(44)40-22-25(3)41-39(45)35-27(5)37(29-20-16-24(2)17-21-29)43-33-13-9-7-11-31(33)35/h6-21,25H,22H2,1-5H3,(H,40,44)(H,41,45)/t25-/m0/s1. The number of carbonyl (C=O) groups is 2. The van der Waals surface area contributed by atoms with Crippen LogP contribution >= 0.6 is 0 Å². The van der Waals surface area contributed by atoms with Crippen LogP contribution in [0.5, 0.6) is 0 Å². The number of hydrogen-bond donors (Lipinski definition) is 2. The molecule has 1 atom stereocenters. The van der Waals surface area contributed by atoms with E-state index < -0.39 is 0 Å². The summed E-state index contributed by atoms with van der Waals surface area (Å²) in [6, 6.07) is 31.4. The average molecular weight is 593 g/mol. The fourth-order valence-electron chi connectivity index (χ4n) is 5.87. The molecule has 6 heteroatoms. The molecule has 6 aromatic rings. The Morgan fingerprint density at radius 1 is 0.600 bits per heavy atom. The largest absolute Gasteiger partial charge is 0.350 e. The maximum atomic E-state index is 13.8. The van der Waals surface area contributed by atoms with Gasteiger partial charge in [-0.3, -0.25) is 9.59 Å². The van der Waals surface area contributed by atoms with Gasteiger partial charge in [-0.15, -0.1) is 0 Å².